The van der Waals surface area contributed by atoms with E-state index in [-0.39, 0.29) is 39.8 Å². The van der Waals surface area contributed by atoms with Crippen LogP contribution in [0.2, 0.25) is 0 Å². The minimum atomic E-state index is -0.639. The molecule has 0 radical (unpaired) electrons. The quantitative estimate of drug-likeness (QED) is 0.427. The number of pyridine rings is 1. The number of rotatable bonds is 6. The first kappa shape index (κ1) is 21.1. The lowest BCUT2D eigenvalue weighted by atomic mass is 10.1. The van der Waals surface area contributed by atoms with Crippen molar-refractivity contribution in [2.75, 3.05) is 12.3 Å². The molecule has 0 saturated heterocycles. The number of furan rings is 1. The first-order valence-electron chi connectivity index (χ1n) is 9.62. The van der Waals surface area contributed by atoms with Gasteiger partial charge in [0, 0.05) is 10.9 Å². The number of hydrogen-bond donors (Lipinski definition) is 1. The largest absolute Gasteiger partial charge is 0.463 e. The van der Waals surface area contributed by atoms with Crippen molar-refractivity contribution >= 4 is 39.2 Å². The lowest BCUT2D eigenvalue weighted by Crippen LogP contribution is -2.11. The summed E-state index contributed by atoms with van der Waals surface area (Å²) in [5, 5.41) is 10.2. The summed E-state index contributed by atoms with van der Waals surface area (Å²) in [6.07, 6.45) is 1.52. The fourth-order valence-corrected chi connectivity index (χ4v) is 4.13. The fourth-order valence-electron chi connectivity index (χ4n) is 3.22. The maximum absolute atomic E-state index is 13.1. The highest BCUT2D eigenvalue weighted by molar-refractivity contribution is 7.18. The van der Waals surface area contributed by atoms with Crippen LogP contribution in [-0.2, 0) is 16.1 Å². The molecule has 0 amide bonds. The van der Waals surface area contributed by atoms with E-state index in [4.69, 9.17) is 19.6 Å². The van der Waals surface area contributed by atoms with Crippen molar-refractivity contribution in [3.8, 4) is 17.5 Å². The van der Waals surface area contributed by atoms with Crippen LogP contribution in [0.3, 0.4) is 0 Å². The Kier molecular flexibility index (Phi) is 5.87. The highest BCUT2D eigenvalue weighted by Crippen LogP contribution is 2.32. The molecule has 0 aliphatic carbocycles. The molecule has 0 fully saturated rings. The van der Waals surface area contributed by atoms with Crippen molar-refractivity contribution in [1.82, 2.24) is 4.98 Å². The van der Waals surface area contributed by atoms with E-state index in [1.54, 1.807) is 43.3 Å². The molecule has 0 saturated carbocycles. The number of thiophene rings is 1. The SMILES string of the molecule is CCOC(=O)c1sc(N)c(C#N)c1COC(=O)c1cc(-c2ccco2)nc2ccccc12. The molecule has 1 aromatic carbocycles. The molecule has 4 rings (SSSR count). The molecule has 9 heteroatoms. The Labute approximate surface area is 186 Å². The van der Waals surface area contributed by atoms with Crippen molar-refractivity contribution in [2.24, 2.45) is 0 Å². The summed E-state index contributed by atoms with van der Waals surface area (Å²) < 4.78 is 16.0. The lowest BCUT2D eigenvalue weighted by molar-refractivity contribution is 0.0454. The van der Waals surface area contributed by atoms with Gasteiger partial charge in [0.25, 0.3) is 0 Å². The van der Waals surface area contributed by atoms with E-state index < -0.39 is 11.9 Å². The number of carbonyl (C=O) groups is 2. The van der Waals surface area contributed by atoms with E-state index >= 15 is 0 Å². The standard InChI is InChI=1S/C23H17N3O5S/c1-2-29-23(28)20-16(15(11-24)21(25)32-20)12-31-22(27)14-10-18(19-8-5-9-30-19)26-17-7-4-3-6-13(14)17/h3-10H,2,12,25H2,1H3. The molecular formula is C23H17N3O5S. The third kappa shape index (κ3) is 3.91. The average molecular weight is 447 g/mol. The molecule has 3 heterocycles. The minimum absolute atomic E-state index is 0.0988. The number of benzene rings is 1. The van der Waals surface area contributed by atoms with Crippen molar-refractivity contribution in [1.29, 1.82) is 5.26 Å². The second-order valence-corrected chi connectivity index (χ2v) is 7.66. The number of nitrogen functional groups attached to an aromatic ring is 1. The highest BCUT2D eigenvalue weighted by atomic mass is 32.1. The zero-order chi connectivity index (χ0) is 22.7. The third-order valence-corrected chi connectivity index (χ3v) is 5.71. The van der Waals surface area contributed by atoms with Crippen molar-refractivity contribution in [3.63, 3.8) is 0 Å². The number of para-hydroxylation sites is 1. The Hall–Kier alpha value is -4.16. The van der Waals surface area contributed by atoms with Crippen LogP contribution in [0.4, 0.5) is 5.00 Å². The first-order chi connectivity index (χ1) is 15.5. The van der Waals surface area contributed by atoms with Crippen LogP contribution in [-0.4, -0.2) is 23.5 Å². The molecular weight excluding hydrogens is 430 g/mol. The van der Waals surface area contributed by atoms with E-state index in [0.717, 1.165) is 11.3 Å². The van der Waals surface area contributed by atoms with Gasteiger partial charge in [-0.3, -0.25) is 0 Å². The van der Waals surface area contributed by atoms with Gasteiger partial charge in [-0.2, -0.15) is 5.26 Å². The van der Waals surface area contributed by atoms with Gasteiger partial charge in [0.15, 0.2) is 5.76 Å². The van der Waals surface area contributed by atoms with Crippen LogP contribution in [0.15, 0.2) is 53.1 Å². The van der Waals surface area contributed by atoms with Crippen molar-refractivity contribution in [2.45, 2.75) is 13.5 Å². The average Bonchev–Trinajstić information content (AvgIpc) is 3.44. The van der Waals surface area contributed by atoms with Gasteiger partial charge < -0.3 is 19.6 Å². The van der Waals surface area contributed by atoms with Gasteiger partial charge in [0.2, 0.25) is 0 Å². The first-order valence-corrected chi connectivity index (χ1v) is 10.4. The lowest BCUT2D eigenvalue weighted by Gasteiger charge is -2.10. The predicted octanol–water partition coefficient (Wildman–Crippen LogP) is 4.54. The number of anilines is 1. The van der Waals surface area contributed by atoms with Gasteiger partial charge in [0.1, 0.15) is 28.2 Å². The normalized spacial score (nSPS) is 10.6. The van der Waals surface area contributed by atoms with Gasteiger partial charge in [-0.1, -0.05) is 18.2 Å². The van der Waals surface area contributed by atoms with Gasteiger partial charge in [0.05, 0.1) is 29.5 Å². The van der Waals surface area contributed by atoms with E-state index in [1.165, 1.54) is 6.26 Å². The number of hydrogen-bond acceptors (Lipinski definition) is 9. The van der Waals surface area contributed by atoms with Crippen LogP contribution in [0.1, 0.15) is 38.1 Å². The van der Waals surface area contributed by atoms with Crippen molar-refractivity contribution < 1.29 is 23.5 Å². The van der Waals surface area contributed by atoms with E-state index in [0.29, 0.717) is 22.4 Å². The van der Waals surface area contributed by atoms with Gasteiger partial charge in [-0.05, 0) is 31.2 Å². The summed E-state index contributed by atoms with van der Waals surface area (Å²) in [7, 11) is 0. The summed E-state index contributed by atoms with van der Waals surface area (Å²) in [6, 6.07) is 14.2. The second-order valence-electron chi connectivity index (χ2n) is 6.61. The molecule has 160 valence electrons. The molecule has 0 bridgehead atoms. The van der Waals surface area contributed by atoms with Crippen LogP contribution >= 0.6 is 11.3 Å². The number of nitrogens with zero attached hydrogens (tertiary/aromatic N) is 2. The number of fused-ring (bicyclic) bond motifs is 1. The predicted molar refractivity (Wildman–Crippen MR) is 118 cm³/mol. The van der Waals surface area contributed by atoms with Crippen molar-refractivity contribution in [3.05, 3.63) is 70.3 Å². The number of aromatic nitrogens is 1. The Morgan fingerprint density at radius 3 is 2.72 bits per heavy atom. The van der Waals surface area contributed by atoms with E-state index in [9.17, 15) is 14.9 Å². The Morgan fingerprint density at radius 2 is 2.00 bits per heavy atom. The molecule has 2 N–H and O–H groups in total. The Balaban J connectivity index is 1.69. The number of esters is 2. The third-order valence-electron chi connectivity index (χ3n) is 4.66. The monoisotopic (exact) mass is 447 g/mol. The summed E-state index contributed by atoms with van der Waals surface area (Å²) in [4.78, 5) is 30.0. The molecule has 32 heavy (non-hydrogen) atoms. The Morgan fingerprint density at radius 1 is 1.19 bits per heavy atom. The number of nitrogens with two attached hydrogens (primary N) is 1. The fraction of sp³-hybridized carbons (Fsp3) is 0.130. The van der Waals surface area contributed by atoms with E-state index in [2.05, 4.69) is 4.98 Å². The smallest absolute Gasteiger partial charge is 0.348 e. The molecule has 0 spiro atoms. The van der Waals surface area contributed by atoms with Crippen LogP contribution in [0.5, 0.6) is 0 Å². The summed E-state index contributed by atoms with van der Waals surface area (Å²) in [6.45, 7) is 1.53. The zero-order valence-electron chi connectivity index (χ0n) is 17.0. The van der Waals surface area contributed by atoms with Crippen LogP contribution < -0.4 is 5.73 Å². The number of carbonyl (C=O) groups excluding carboxylic acids is 2. The molecule has 0 aliphatic rings. The van der Waals surface area contributed by atoms with Crippen LogP contribution in [0, 0.1) is 11.3 Å². The number of ether oxygens (including phenoxy) is 2. The molecule has 0 aliphatic heterocycles. The maximum atomic E-state index is 13.1. The van der Waals surface area contributed by atoms with E-state index in [1.807, 2.05) is 12.1 Å². The number of nitriles is 1. The second kappa shape index (κ2) is 8.91. The van der Waals surface area contributed by atoms with Gasteiger partial charge in [-0.25, -0.2) is 14.6 Å². The van der Waals surface area contributed by atoms with Gasteiger partial charge in [-0.15, -0.1) is 11.3 Å². The molecule has 3 aromatic heterocycles. The molecule has 0 atom stereocenters. The maximum Gasteiger partial charge on any atom is 0.348 e. The Bertz CT molecular complexity index is 1350. The summed E-state index contributed by atoms with van der Waals surface area (Å²) >= 11 is 0.931. The summed E-state index contributed by atoms with van der Waals surface area (Å²) in [5.74, 6) is -0.752. The zero-order valence-corrected chi connectivity index (χ0v) is 17.8. The summed E-state index contributed by atoms with van der Waals surface area (Å²) in [5.41, 5.74) is 7.56. The molecule has 8 nitrogen and oxygen atoms in total. The minimum Gasteiger partial charge on any atom is -0.463 e. The highest BCUT2D eigenvalue weighted by Gasteiger charge is 2.25. The van der Waals surface area contributed by atoms with Crippen LogP contribution in [0.25, 0.3) is 22.4 Å². The molecule has 4 aromatic rings. The molecule has 0 unspecified atom stereocenters. The van der Waals surface area contributed by atoms with Gasteiger partial charge >= 0.3 is 11.9 Å². The topological polar surface area (TPSA) is 128 Å².